The average molecular weight is 202 g/mol. The van der Waals surface area contributed by atoms with Gasteiger partial charge in [0.05, 0.1) is 11.7 Å². The van der Waals surface area contributed by atoms with Gasteiger partial charge in [-0.3, -0.25) is 5.10 Å². The number of nitrogens with one attached hydrogen (secondary N) is 1. The van der Waals surface area contributed by atoms with Gasteiger partial charge in [0.2, 0.25) is 0 Å². The van der Waals surface area contributed by atoms with Crippen LogP contribution in [0, 0.1) is 0 Å². The number of hydrogen-bond donors (Lipinski definition) is 1. The molecular formula is C13H18N2. The van der Waals surface area contributed by atoms with Gasteiger partial charge < -0.3 is 0 Å². The van der Waals surface area contributed by atoms with Crippen LogP contribution in [-0.2, 0) is 5.41 Å². The number of fused-ring (bicyclic) bond motifs is 1. The maximum atomic E-state index is 4.05. The standard InChI is InChI=1S/C13H18N2/c1-4-13(3,5-2)11-7-6-10-9-14-15-12(10)8-11/h6-9H,4-5H2,1-3H3,(H,14,15). The van der Waals surface area contributed by atoms with E-state index in [9.17, 15) is 0 Å². The summed E-state index contributed by atoms with van der Waals surface area (Å²) in [5, 5.41) is 8.27. The Bertz CT molecular complexity index is 452. The van der Waals surface area contributed by atoms with E-state index >= 15 is 0 Å². The van der Waals surface area contributed by atoms with E-state index < -0.39 is 0 Å². The summed E-state index contributed by atoms with van der Waals surface area (Å²) in [5.74, 6) is 0. The van der Waals surface area contributed by atoms with E-state index in [-0.39, 0.29) is 0 Å². The molecule has 0 saturated heterocycles. The molecule has 2 heteroatoms. The monoisotopic (exact) mass is 202 g/mol. The van der Waals surface area contributed by atoms with Crippen LogP contribution in [0.4, 0.5) is 0 Å². The molecule has 0 radical (unpaired) electrons. The van der Waals surface area contributed by atoms with Crippen molar-refractivity contribution < 1.29 is 0 Å². The second-order valence-corrected chi connectivity index (χ2v) is 4.44. The van der Waals surface area contributed by atoms with Crippen LogP contribution in [0.3, 0.4) is 0 Å². The molecule has 0 fully saturated rings. The van der Waals surface area contributed by atoms with Crippen LogP contribution < -0.4 is 0 Å². The molecule has 1 heterocycles. The predicted octanol–water partition coefficient (Wildman–Crippen LogP) is 3.64. The highest BCUT2D eigenvalue weighted by Gasteiger charge is 2.22. The van der Waals surface area contributed by atoms with E-state index in [0.29, 0.717) is 5.41 Å². The Labute approximate surface area is 90.7 Å². The molecule has 0 spiro atoms. The molecule has 1 aromatic heterocycles. The summed E-state index contributed by atoms with van der Waals surface area (Å²) >= 11 is 0. The summed E-state index contributed by atoms with van der Waals surface area (Å²) in [5.41, 5.74) is 2.84. The van der Waals surface area contributed by atoms with Gasteiger partial charge in [0, 0.05) is 5.39 Å². The van der Waals surface area contributed by atoms with E-state index in [1.807, 2.05) is 6.20 Å². The first kappa shape index (κ1) is 10.2. The second kappa shape index (κ2) is 3.69. The van der Waals surface area contributed by atoms with E-state index in [2.05, 4.69) is 49.2 Å². The number of nitrogens with zero attached hydrogens (tertiary/aromatic N) is 1. The molecule has 0 saturated carbocycles. The van der Waals surface area contributed by atoms with Crippen molar-refractivity contribution in [3.05, 3.63) is 30.0 Å². The summed E-state index contributed by atoms with van der Waals surface area (Å²) in [6, 6.07) is 6.61. The SMILES string of the molecule is CCC(C)(CC)c1ccc2cn[nH]c2c1. The quantitative estimate of drug-likeness (QED) is 0.808. The van der Waals surface area contributed by atoms with Gasteiger partial charge in [0.15, 0.2) is 0 Å². The Kier molecular flexibility index (Phi) is 2.51. The van der Waals surface area contributed by atoms with Crippen molar-refractivity contribution in [2.24, 2.45) is 0 Å². The van der Waals surface area contributed by atoms with Crippen molar-refractivity contribution in [2.45, 2.75) is 39.0 Å². The number of H-pyrrole nitrogens is 1. The van der Waals surface area contributed by atoms with Crippen LogP contribution in [-0.4, -0.2) is 10.2 Å². The lowest BCUT2D eigenvalue weighted by Crippen LogP contribution is -2.19. The normalized spacial score (nSPS) is 12.2. The van der Waals surface area contributed by atoms with Crippen LogP contribution in [0.2, 0.25) is 0 Å². The second-order valence-electron chi connectivity index (χ2n) is 4.44. The Morgan fingerprint density at radius 3 is 2.67 bits per heavy atom. The molecule has 1 N–H and O–H groups in total. The van der Waals surface area contributed by atoms with Crippen molar-refractivity contribution in [1.82, 2.24) is 10.2 Å². The maximum absolute atomic E-state index is 4.05. The van der Waals surface area contributed by atoms with Crippen molar-refractivity contribution in [3.63, 3.8) is 0 Å². The summed E-state index contributed by atoms with van der Waals surface area (Å²) in [6.07, 6.45) is 4.21. The summed E-state index contributed by atoms with van der Waals surface area (Å²) in [6.45, 7) is 6.83. The van der Waals surface area contributed by atoms with Gasteiger partial charge in [-0.15, -0.1) is 0 Å². The lowest BCUT2D eigenvalue weighted by Gasteiger charge is -2.27. The number of benzene rings is 1. The number of hydrogen-bond acceptors (Lipinski definition) is 1. The lowest BCUT2D eigenvalue weighted by atomic mass is 9.78. The fourth-order valence-corrected chi connectivity index (χ4v) is 1.97. The Morgan fingerprint density at radius 1 is 1.27 bits per heavy atom. The largest absolute Gasteiger partial charge is 0.278 e. The molecular weight excluding hydrogens is 184 g/mol. The predicted molar refractivity (Wildman–Crippen MR) is 64.0 cm³/mol. The minimum absolute atomic E-state index is 0.291. The molecule has 0 atom stereocenters. The van der Waals surface area contributed by atoms with Crippen LogP contribution in [0.25, 0.3) is 10.9 Å². The fraction of sp³-hybridized carbons (Fsp3) is 0.462. The van der Waals surface area contributed by atoms with E-state index in [0.717, 1.165) is 5.52 Å². The van der Waals surface area contributed by atoms with Gasteiger partial charge in [0.25, 0.3) is 0 Å². The molecule has 2 nitrogen and oxygen atoms in total. The van der Waals surface area contributed by atoms with Crippen LogP contribution in [0.5, 0.6) is 0 Å². The summed E-state index contributed by atoms with van der Waals surface area (Å²) < 4.78 is 0. The maximum Gasteiger partial charge on any atom is 0.0653 e. The van der Waals surface area contributed by atoms with Gasteiger partial charge >= 0.3 is 0 Å². The third-order valence-electron chi connectivity index (χ3n) is 3.70. The first-order chi connectivity index (χ1) is 7.19. The summed E-state index contributed by atoms with van der Waals surface area (Å²) in [4.78, 5) is 0. The molecule has 80 valence electrons. The number of aromatic nitrogens is 2. The zero-order chi connectivity index (χ0) is 10.9. The minimum Gasteiger partial charge on any atom is -0.278 e. The first-order valence-corrected chi connectivity index (χ1v) is 5.63. The molecule has 15 heavy (non-hydrogen) atoms. The Morgan fingerprint density at radius 2 is 2.00 bits per heavy atom. The highest BCUT2D eigenvalue weighted by molar-refractivity contribution is 5.78. The number of rotatable bonds is 3. The Hall–Kier alpha value is -1.31. The zero-order valence-electron chi connectivity index (χ0n) is 9.67. The van der Waals surface area contributed by atoms with Gasteiger partial charge in [-0.05, 0) is 29.9 Å². The highest BCUT2D eigenvalue weighted by atomic mass is 15.1. The zero-order valence-corrected chi connectivity index (χ0v) is 9.67. The third kappa shape index (κ3) is 1.65. The van der Waals surface area contributed by atoms with E-state index in [1.54, 1.807) is 0 Å². The van der Waals surface area contributed by atoms with Crippen LogP contribution >= 0.6 is 0 Å². The molecule has 1 aromatic carbocycles. The van der Waals surface area contributed by atoms with E-state index in [4.69, 9.17) is 0 Å². The Balaban J connectivity index is 2.51. The van der Waals surface area contributed by atoms with Gasteiger partial charge in [-0.2, -0.15) is 5.10 Å². The van der Waals surface area contributed by atoms with Gasteiger partial charge in [-0.1, -0.05) is 32.9 Å². The van der Waals surface area contributed by atoms with E-state index in [1.165, 1.54) is 23.8 Å². The van der Waals surface area contributed by atoms with Crippen LogP contribution in [0.1, 0.15) is 39.2 Å². The molecule has 0 amide bonds. The smallest absolute Gasteiger partial charge is 0.0653 e. The van der Waals surface area contributed by atoms with Crippen molar-refractivity contribution in [1.29, 1.82) is 0 Å². The molecule has 0 aliphatic carbocycles. The van der Waals surface area contributed by atoms with Crippen molar-refractivity contribution in [2.75, 3.05) is 0 Å². The first-order valence-electron chi connectivity index (χ1n) is 5.63. The third-order valence-corrected chi connectivity index (χ3v) is 3.70. The molecule has 2 rings (SSSR count). The summed E-state index contributed by atoms with van der Waals surface area (Å²) in [7, 11) is 0. The van der Waals surface area contributed by atoms with Crippen molar-refractivity contribution in [3.8, 4) is 0 Å². The lowest BCUT2D eigenvalue weighted by molar-refractivity contribution is 0.439. The molecule has 0 aliphatic heterocycles. The number of aromatic amines is 1. The molecule has 0 aliphatic rings. The van der Waals surface area contributed by atoms with Crippen LogP contribution in [0.15, 0.2) is 24.4 Å². The topological polar surface area (TPSA) is 28.7 Å². The molecule has 0 bridgehead atoms. The van der Waals surface area contributed by atoms with Gasteiger partial charge in [0.1, 0.15) is 0 Å². The van der Waals surface area contributed by atoms with Crippen molar-refractivity contribution >= 4 is 10.9 Å². The van der Waals surface area contributed by atoms with Gasteiger partial charge in [-0.25, -0.2) is 0 Å². The average Bonchev–Trinajstić information content (AvgIpc) is 2.74. The fourth-order valence-electron chi connectivity index (χ4n) is 1.97. The molecule has 0 unspecified atom stereocenters. The highest BCUT2D eigenvalue weighted by Crippen LogP contribution is 2.32. The minimum atomic E-state index is 0.291. The molecule has 2 aromatic rings.